The van der Waals surface area contributed by atoms with Crippen LogP contribution in [0.25, 0.3) is 6.08 Å². The summed E-state index contributed by atoms with van der Waals surface area (Å²) in [7, 11) is 0. The lowest BCUT2D eigenvalue weighted by Gasteiger charge is -2.04. The largest absolute Gasteiger partial charge is 0.246 e. The standard InChI is InChI=1S/C12H12FN3/c1-10(16-9-14-8-15-16)2-3-11-4-6-12(13)7-5-11/h2-10H,1H3. The smallest absolute Gasteiger partial charge is 0.137 e. The zero-order chi connectivity index (χ0) is 11.4. The fourth-order valence-electron chi connectivity index (χ4n) is 1.34. The average molecular weight is 217 g/mol. The number of aromatic nitrogens is 3. The van der Waals surface area contributed by atoms with E-state index in [1.807, 2.05) is 19.1 Å². The normalized spacial score (nSPS) is 13.1. The van der Waals surface area contributed by atoms with Crippen LogP contribution in [0.2, 0.25) is 0 Å². The van der Waals surface area contributed by atoms with Crippen LogP contribution in [-0.2, 0) is 0 Å². The Morgan fingerprint density at radius 2 is 2.06 bits per heavy atom. The SMILES string of the molecule is CC(C=Cc1ccc(F)cc1)n1cncn1. The Morgan fingerprint density at radius 3 is 2.69 bits per heavy atom. The summed E-state index contributed by atoms with van der Waals surface area (Å²) in [6.45, 7) is 2.01. The van der Waals surface area contributed by atoms with Gasteiger partial charge in [-0.1, -0.05) is 24.3 Å². The van der Waals surface area contributed by atoms with E-state index in [-0.39, 0.29) is 11.9 Å². The van der Waals surface area contributed by atoms with Crippen molar-refractivity contribution >= 4 is 6.08 Å². The van der Waals surface area contributed by atoms with E-state index in [9.17, 15) is 4.39 Å². The van der Waals surface area contributed by atoms with Gasteiger partial charge in [0, 0.05) is 0 Å². The molecule has 0 radical (unpaired) electrons. The van der Waals surface area contributed by atoms with E-state index in [2.05, 4.69) is 10.1 Å². The lowest BCUT2D eigenvalue weighted by Crippen LogP contribution is -2.01. The van der Waals surface area contributed by atoms with Gasteiger partial charge in [-0.15, -0.1) is 0 Å². The first kappa shape index (κ1) is 10.5. The van der Waals surface area contributed by atoms with Crippen molar-refractivity contribution in [2.75, 3.05) is 0 Å². The molecule has 1 heterocycles. The minimum Gasteiger partial charge on any atom is -0.246 e. The van der Waals surface area contributed by atoms with E-state index in [0.717, 1.165) is 5.56 Å². The molecule has 4 heteroatoms. The highest BCUT2D eigenvalue weighted by Crippen LogP contribution is 2.09. The Kier molecular flexibility index (Phi) is 3.10. The summed E-state index contributed by atoms with van der Waals surface area (Å²) in [4.78, 5) is 3.88. The number of hydrogen-bond donors (Lipinski definition) is 0. The van der Waals surface area contributed by atoms with Crippen molar-refractivity contribution in [1.82, 2.24) is 14.8 Å². The zero-order valence-corrected chi connectivity index (χ0v) is 8.92. The minimum absolute atomic E-state index is 0.132. The summed E-state index contributed by atoms with van der Waals surface area (Å²) >= 11 is 0. The Labute approximate surface area is 93.3 Å². The summed E-state index contributed by atoms with van der Waals surface area (Å²) in [6.07, 6.45) is 7.09. The molecule has 0 fully saturated rings. The van der Waals surface area contributed by atoms with E-state index >= 15 is 0 Å². The van der Waals surface area contributed by atoms with Crippen LogP contribution in [-0.4, -0.2) is 14.8 Å². The molecule has 16 heavy (non-hydrogen) atoms. The molecule has 2 aromatic rings. The molecule has 1 aromatic carbocycles. The van der Waals surface area contributed by atoms with Crippen LogP contribution in [0.1, 0.15) is 18.5 Å². The first-order valence-electron chi connectivity index (χ1n) is 5.03. The second kappa shape index (κ2) is 4.70. The Hall–Kier alpha value is -1.97. The number of rotatable bonds is 3. The molecule has 0 spiro atoms. The van der Waals surface area contributed by atoms with Crippen LogP contribution >= 0.6 is 0 Å². The maximum Gasteiger partial charge on any atom is 0.137 e. The molecular weight excluding hydrogens is 205 g/mol. The van der Waals surface area contributed by atoms with Crippen molar-refractivity contribution in [3.63, 3.8) is 0 Å². The van der Waals surface area contributed by atoms with Crippen molar-refractivity contribution in [2.24, 2.45) is 0 Å². The fourth-order valence-corrected chi connectivity index (χ4v) is 1.34. The van der Waals surface area contributed by atoms with E-state index in [1.54, 1.807) is 23.1 Å². The number of allylic oxidation sites excluding steroid dienone is 1. The van der Waals surface area contributed by atoms with Gasteiger partial charge in [0.25, 0.3) is 0 Å². The topological polar surface area (TPSA) is 30.7 Å². The van der Waals surface area contributed by atoms with Crippen molar-refractivity contribution in [2.45, 2.75) is 13.0 Å². The highest BCUT2D eigenvalue weighted by molar-refractivity contribution is 5.49. The van der Waals surface area contributed by atoms with Gasteiger partial charge in [-0.05, 0) is 24.6 Å². The molecule has 0 saturated carbocycles. The Balaban J connectivity index is 2.07. The average Bonchev–Trinajstić information content (AvgIpc) is 2.81. The maximum atomic E-state index is 12.7. The van der Waals surface area contributed by atoms with Gasteiger partial charge in [0.15, 0.2) is 0 Å². The third kappa shape index (κ3) is 2.53. The zero-order valence-electron chi connectivity index (χ0n) is 8.92. The molecule has 0 bridgehead atoms. The molecular formula is C12H12FN3. The molecule has 0 saturated heterocycles. The van der Waals surface area contributed by atoms with E-state index < -0.39 is 0 Å². The van der Waals surface area contributed by atoms with Gasteiger partial charge in [0.2, 0.25) is 0 Å². The third-order valence-corrected chi connectivity index (χ3v) is 2.29. The minimum atomic E-state index is -0.221. The summed E-state index contributed by atoms with van der Waals surface area (Å²) in [6, 6.07) is 6.49. The second-order valence-electron chi connectivity index (χ2n) is 3.53. The van der Waals surface area contributed by atoms with Crippen LogP contribution in [0, 0.1) is 5.82 Å². The molecule has 0 aliphatic rings. The van der Waals surface area contributed by atoms with E-state index in [1.165, 1.54) is 18.5 Å². The number of benzene rings is 1. The van der Waals surface area contributed by atoms with Crippen LogP contribution < -0.4 is 0 Å². The first-order chi connectivity index (χ1) is 7.75. The summed E-state index contributed by atoms with van der Waals surface area (Å²) in [5, 5.41) is 4.04. The van der Waals surface area contributed by atoms with Crippen LogP contribution in [0.4, 0.5) is 4.39 Å². The lowest BCUT2D eigenvalue weighted by molar-refractivity contribution is 0.581. The van der Waals surface area contributed by atoms with Crippen LogP contribution in [0.3, 0.4) is 0 Å². The van der Waals surface area contributed by atoms with Gasteiger partial charge in [-0.2, -0.15) is 5.10 Å². The molecule has 0 amide bonds. The molecule has 1 aromatic heterocycles. The quantitative estimate of drug-likeness (QED) is 0.791. The molecule has 1 unspecified atom stereocenters. The van der Waals surface area contributed by atoms with Crippen LogP contribution in [0.5, 0.6) is 0 Å². The van der Waals surface area contributed by atoms with Crippen LogP contribution in [0.15, 0.2) is 43.0 Å². The van der Waals surface area contributed by atoms with Crippen molar-refractivity contribution in [3.05, 3.63) is 54.4 Å². The highest BCUT2D eigenvalue weighted by atomic mass is 19.1. The first-order valence-corrected chi connectivity index (χ1v) is 5.03. The van der Waals surface area contributed by atoms with E-state index in [0.29, 0.717) is 0 Å². The molecule has 0 aliphatic carbocycles. The molecule has 0 N–H and O–H groups in total. The molecule has 0 aliphatic heterocycles. The van der Waals surface area contributed by atoms with Gasteiger partial charge in [0.1, 0.15) is 18.5 Å². The van der Waals surface area contributed by atoms with Crippen molar-refractivity contribution < 1.29 is 4.39 Å². The molecule has 2 rings (SSSR count). The number of hydrogen-bond acceptors (Lipinski definition) is 2. The van der Waals surface area contributed by atoms with Crippen molar-refractivity contribution in [1.29, 1.82) is 0 Å². The molecule has 1 atom stereocenters. The van der Waals surface area contributed by atoms with Gasteiger partial charge >= 0.3 is 0 Å². The second-order valence-corrected chi connectivity index (χ2v) is 3.53. The van der Waals surface area contributed by atoms with Gasteiger partial charge in [-0.25, -0.2) is 14.1 Å². The highest BCUT2D eigenvalue weighted by Gasteiger charge is 1.99. The Morgan fingerprint density at radius 1 is 1.31 bits per heavy atom. The van der Waals surface area contributed by atoms with Crippen molar-refractivity contribution in [3.8, 4) is 0 Å². The monoisotopic (exact) mass is 217 g/mol. The number of nitrogens with zero attached hydrogens (tertiary/aromatic N) is 3. The molecule has 82 valence electrons. The maximum absolute atomic E-state index is 12.7. The third-order valence-electron chi connectivity index (χ3n) is 2.29. The predicted octanol–water partition coefficient (Wildman–Crippen LogP) is 2.69. The fraction of sp³-hybridized carbons (Fsp3) is 0.167. The predicted molar refractivity (Wildman–Crippen MR) is 60.2 cm³/mol. The van der Waals surface area contributed by atoms with Gasteiger partial charge < -0.3 is 0 Å². The van der Waals surface area contributed by atoms with Gasteiger partial charge in [0.05, 0.1) is 6.04 Å². The summed E-state index contributed by atoms with van der Waals surface area (Å²) in [5.74, 6) is -0.221. The summed E-state index contributed by atoms with van der Waals surface area (Å²) in [5.41, 5.74) is 0.966. The van der Waals surface area contributed by atoms with Gasteiger partial charge in [-0.3, -0.25) is 0 Å². The lowest BCUT2D eigenvalue weighted by atomic mass is 10.2. The van der Waals surface area contributed by atoms with E-state index in [4.69, 9.17) is 0 Å². The Bertz CT molecular complexity index is 460. The number of halogens is 1. The summed E-state index contributed by atoms with van der Waals surface area (Å²) < 4.78 is 14.4. The molecule has 3 nitrogen and oxygen atoms in total.